The first kappa shape index (κ1) is 22.9. The third-order valence-corrected chi connectivity index (χ3v) is 7.60. The van der Waals surface area contributed by atoms with Gasteiger partial charge in [-0.15, -0.1) is 0 Å². The summed E-state index contributed by atoms with van der Waals surface area (Å²) >= 11 is 0. The summed E-state index contributed by atoms with van der Waals surface area (Å²) in [5.74, 6) is 2.12. The number of ether oxygens (including phenoxy) is 1. The minimum atomic E-state index is -0.112. The van der Waals surface area contributed by atoms with Crippen LogP contribution in [0, 0.1) is 12.8 Å². The molecule has 2 aliphatic heterocycles. The molecule has 1 aliphatic carbocycles. The number of likely N-dealkylation sites (tertiary alicyclic amines) is 1. The molecule has 186 valence electrons. The van der Waals surface area contributed by atoms with E-state index in [-0.39, 0.29) is 30.4 Å². The molecule has 1 atom stereocenters. The standard InChI is InChI=1S/C30H32N2O4/c1-20-4-6-22(7-5-20)28-26-18-24(11-10-21(26)14-17-32(28)29(33)23-8-9-23)35-19-25-12-13-27(36-25)30(34)31-15-2-3-16-31/h4-7,10-13,18,23,28H,2-3,8-9,14-17,19H2,1H3/t28-/m0/s1. The minimum absolute atomic E-state index is 0.0473. The molecule has 0 radical (unpaired) electrons. The quantitative estimate of drug-likeness (QED) is 0.477. The van der Waals surface area contributed by atoms with Gasteiger partial charge in [0.15, 0.2) is 5.76 Å². The summed E-state index contributed by atoms with van der Waals surface area (Å²) < 4.78 is 11.9. The van der Waals surface area contributed by atoms with Gasteiger partial charge >= 0.3 is 0 Å². The monoisotopic (exact) mass is 484 g/mol. The fourth-order valence-corrected chi connectivity index (χ4v) is 5.39. The average Bonchev–Trinajstić information content (AvgIpc) is 3.39. The molecule has 0 bridgehead atoms. The number of fused-ring (bicyclic) bond motifs is 1. The molecule has 36 heavy (non-hydrogen) atoms. The van der Waals surface area contributed by atoms with E-state index in [4.69, 9.17) is 9.15 Å². The summed E-state index contributed by atoms with van der Waals surface area (Å²) in [7, 11) is 0. The zero-order chi connectivity index (χ0) is 24.6. The Hall–Kier alpha value is -3.54. The van der Waals surface area contributed by atoms with Gasteiger partial charge in [-0.05, 0) is 80.0 Å². The van der Waals surface area contributed by atoms with Crippen LogP contribution in [0.25, 0.3) is 0 Å². The van der Waals surface area contributed by atoms with Crippen molar-refractivity contribution in [2.45, 2.75) is 51.7 Å². The molecular weight excluding hydrogens is 452 g/mol. The van der Waals surface area contributed by atoms with Crippen molar-refractivity contribution in [1.29, 1.82) is 0 Å². The summed E-state index contributed by atoms with van der Waals surface area (Å²) in [6, 6.07) is 18.1. The smallest absolute Gasteiger partial charge is 0.289 e. The summed E-state index contributed by atoms with van der Waals surface area (Å²) in [5.41, 5.74) is 4.71. The molecular formula is C30H32N2O4. The van der Waals surface area contributed by atoms with Gasteiger partial charge in [0.25, 0.3) is 5.91 Å². The number of carbonyl (C=O) groups excluding carboxylic acids is 2. The SMILES string of the molecule is Cc1ccc([C@H]2c3cc(OCc4ccc(C(=O)N5CCCC5)o4)ccc3CCN2C(=O)C2CC2)cc1. The lowest BCUT2D eigenvalue weighted by Crippen LogP contribution is -2.41. The van der Waals surface area contributed by atoms with E-state index in [0.717, 1.165) is 68.6 Å². The second kappa shape index (κ2) is 9.49. The van der Waals surface area contributed by atoms with Crippen LogP contribution in [0.4, 0.5) is 0 Å². The largest absolute Gasteiger partial charge is 0.486 e. The van der Waals surface area contributed by atoms with Crippen LogP contribution in [0.1, 0.15) is 70.3 Å². The van der Waals surface area contributed by atoms with Crippen molar-refractivity contribution in [3.8, 4) is 5.75 Å². The third kappa shape index (κ3) is 4.52. The van der Waals surface area contributed by atoms with Crippen LogP contribution in [0.2, 0.25) is 0 Å². The maximum Gasteiger partial charge on any atom is 0.289 e. The number of furan rings is 1. The van der Waals surface area contributed by atoms with Gasteiger partial charge in [-0.2, -0.15) is 0 Å². The number of hydrogen-bond donors (Lipinski definition) is 0. The first-order valence-electron chi connectivity index (χ1n) is 13.1. The predicted octanol–water partition coefficient (Wildman–Crippen LogP) is 5.29. The first-order valence-corrected chi connectivity index (χ1v) is 13.1. The lowest BCUT2D eigenvalue weighted by molar-refractivity contribution is -0.134. The van der Waals surface area contributed by atoms with Gasteiger partial charge in [-0.25, -0.2) is 0 Å². The molecule has 2 amide bonds. The highest BCUT2D eigenvalue weighted by Gasteiger charge is 2.39. The number of aryl methyl sites for hydroxylation is 1. The molecule has 0 N–H and O–H groups in total. The van der Waals surface area contributed by atoms with E-state index in [2.05, 4.69) is 48.2 Å². The molecule has 0 spiro atoms. The van der Waals surface area contributed by atoms with Crippen molar-refractivity contribution in [3.05, 3.63) is 88.4 Å². The van der Waals surface area contributed by atoms with Crippen LogP contribution in [-0.4, -0.2) is 41.2 Å². The summed E-state index contributed by atoms with van der Waals surface area (Å²) in [6.07, 6.45) is 4.94. The predicted molar refractivity (Wildman–Crippen MR) is 136 cm³/mol. The fourth-order valence-electron chi connectivity index (χ4n) is 5.39. The lowest BCUT2D eigenvalue weighted by atomic mass is 9.87. The van der Waals surface area contributed by atoms with E-state index in [9.17, 15) is 9.59 Å². The Labute approximate surface area is 211 Å². The van der Waals surface area contributed by atoms with Crippen LogP contribution in [0.5, 0.6) is 5.75 Å². The van der Waals surface area contributed by atoms with Gasteiger partial charge < -0.3 is 19.0 Å². The molecule has 0 unspecified atom stereocenters. The van der Waals surface area contributed by atoms with Crippen LogP contribution in [0.3, 0.4) is 0 Å². The first-order chi connectivity index (χ1) is 17.6. The molecule has 2 fully saturated rings. The Morgan fingerprint density at radius 1 is 0.972 bits per heavy atom. The van der Waals surface area contributed by atoms with E-state index in [1.807, 2.05) is 17.0 Å². The van der Waals surface area contributed by atoms with E-state index in [1.165, 1.54) is 11.1 Å². The molecule has 1 saturated carbocycles. The lowest BCUT2D eigenvalue weighted by Gasteiger charge is -2.38. The normalized spacial score (nSPS) is 19.3. The van der Waals surface area contributed by atoms with E-state index >= 15 is 0 Å². The average molecular weight is 485 g/mol. The van der Waals surface area contributed by atoms with Gasteiger partial charge in [0.05, 0.1) is 6.04 Å². The van der Waals surface area contributed by atoms with Crippen molar-refractivity contribution in [2.75, 3.05) is 19.6 Å². The van der Waals surface area contributed by atoms with Gasteiger partial charge in [-0.1, -0.05) is 35.9 Å². The van der Waals surface area contributed by atoms with Crippen LogP contribution < -0.4 is 4.74 Å². The van der Waals surface area contributed by atoms with Gasteiger partial charge in [-0.3, -0.25) is 9.59 Å². The molecule has 1 saturated heterocycles. The number of carbonyl (C=O) groups is 2. The Morgan fingerprint density at radius 3 is 2.50 bits per heavy atom. The summed E-state index contributed by atoms with van der Waals surface area (Å²) in [6.45, 7) is 4.65. The number of hydrogen-bond acceptors (Lipinski definition) is 4. The van der Waals surface area contributed by atoms with E-state index < -0.39 is 0 Å². The maximum atomic E-state index is 13.2. The number of amides is 2. The highest BCUT2D eigenvalue weighted by molar-refractivity contribution is 5.91. The van der Waals surface area contributed by atoms with Gasteiger partial charge in [0.1, 0.15) is 18.1 Å². The summed E-state index contributed by atoms with van der Waals surface area (Å²) in [4.78, 5) is 29.7. The topological polar surface area (TPSA) is 63.0 Å². The zero-order valence-corrected chi connectivity index (χ0v) is 20.7. The highest BCUT2D eigenvalue weighted by Crippen LogP contribution is 2.41. The second-order valence-electron chi connectivity index (χ2n) is 10.3. The highest BCUT2D eigenvalue weighted by atomic mass is 16.5. The van der Waals surface area contributed by atoms with Crippen molar-refractivity contribution in [3.63, 3.8) is 0 Å². The van der Waals surface area contributed by atoms with Crippen molar-refractivity contribution in [2.24, 2.45) is 5.92 Å². The van der Waals surface area contributed by atoms with Gasteiger partial charge in [0.2, 0.25) is 5.91 Å². The molecule has 6 heteroatoms. The van der Waals surface area contributed by atoms with Crippen LogP contribution in [-0.2, 0) is 17.8 Å². The van der Waals surface area contributed by atoms with E-state index in [0.29, 0.717) is 11.5 Å². The second-order valence-corrected chi connectivity index (χ2v) is 10.3. The van der Waals surface area contributed by atoms with Crippen molar-refractivity contribution < 1.29 is 18.7 Å². The van der Waals surface area contributed by atoms with Crippen molar-refractivity contribution in [1.82, 2.24) is 9.80 Å². The number of rotatable bonds is 6. The molecule has 6 nitrogen and oxygen atoms in total. The molecule has 2 aromatic carbocycles. The molecule has 3 aromatic rings. The van der Waals surface area contributed by atoms with Crippen LogP contribution in [0.15, 0.2) is 59.0 Å². The van der Waals surface area contributed by atoms with Crippen LogP contribution >= 0.6 is 0 Å². The molecule has 3 heterocycles. The summed E-state index contributed by atoms with van der Waals surface area (Å²) in [5, 5.41) is 0. The van der Waals surface area contributed by atoms with Gasteiger partial charge in [0, 0.05) is 25.6 Å². The minimum Gasteiger partial charge on any atom is -0.486 e. The Balaban J connectivity index is 1.23. The maximum absolute atomic E-state index is 13.2. The molecule has 1 aromatic heterocycles. The Bertz CT molecular complexity index is 1270. The fraction of sp³-hybridized carbons (Fsp3) is 0.400. The number of benzene rings is 2. The van der Waals surface area contributed by atoms with E-state index in [1.54, 1.807) is 6.07 Å². The van der Waals surface area contributed by atoms with Crippen molar-refractivity contribution >= 4 is 11.8 Å². The molecule has 3 aliphatic rings. The zero-order valence-electron chi connectivity index (χ0n) is 20.7. The Kier molecular flexibility index (Phi) is 6.04. The number of nitrogens with zero attached hydrogens (tertiary/aromatic N) is 2. The molecule has 6 rings (SSSR count). The Morgan fingerprint density at radius 2 is 1.75 bits per heavy atom. The third-order valence-electron chi connectivity index (χ3n) is 7.60.